The van der Waals surface area contributed by atoms with Crippen molar-refractivity contribution < 1.29 is 34.0 Å². The van der Waals surface area contributed by atoms with E-state index >= 15 is 0 Å². The molecule has 1 heterocycles. The third-order valence-corrected chi connectivity index (χ3v) is 6.40. The molecule has 0 unspecified atom stereocenters. The molecule has 0 spiro atoms. The standard InChI is InChI=1S/C25H31NO7S/c1-16(31-17(2)29)24(30)26-21-9-7-20(8-10-21)25-32-22(15-34-12-11-27)13-23(33-25)19-5-3-18(14-28)4-6-19/h3-10,16,22-23,25,27-28H,11-15H2,1-2H3,(H,26,30)/t16-,22+,23-,25-/m0/s1. The number of nitrogens with one attached hydrogen (secondary N) is 1. The van der Waals surface area contributed by atoms with Crippen molar-refractivity contribution >= 4 is 29.3 Å². The molecule has 4 atom stereocenters. The van der Waals surface area contributed by atoms with Crippen molar-refractivity contribution in [3.05, 3.63) is 65.2 Å². The van der Waals surface area contributed by atoms with Crippen LogP contribution in [0.2, 0.25) is 0 Å². The Morgan fingerprint density at radius 2 is 1.76 bits per heavy atom. The third-order valence-electron chi connectivity index (χ3n) is 5.32. The van der Waals surface area contributed by atoms with Gasteiger partial charge in [0.05, 0.1) is 25.4 Å². The Kier molecular flexibility index (Phi) is 9.91. The largest absolute Gasteiger partial charge is 0.453 e. The van der Waals surface area contributed by atoms with Gasteiger partial charge in [-0.25, -0.2) is 0 Å². The van der Waals surface area contributed by atoms with Crippen molar-refractivity contribution in [2.24, 2.45) is 0 Å². The zero-order chi connectivity index (χ0) is 24.5. The first-order chi connectivity index (χ1) is 16.4. The van der Waals surface area contributed by atoms with Crippen LogP contribution in [0.15, 0.2) is 48.5 Å². The van der Waals surface area contributed by atoms with E-state index < -0.39 is 24.3 Å². The highest BCUT2D eigenvalue weighted by Gasteiger charge is 2.32. The van der Waals surface area contributed by atoms with Crippen molar-refractivity contribution in [3.8, 4) is 0 Å². The number of carbonyl (C=O) groups is 2. The molecule has 0 saturated carbocycles. The molecule has 8 nitrogen and oxygen atoms in total. The summed E-state index contributed by atoms with van der Waals surface area (Å²) in [6.07, 6.45) is -1.06. The van der Waals surface area contributed by atoms with Gasteiger partial charge in [-0.15, -0.1) is 0 Å². The van der Waals surface area contributed by atoms with Gasteiger partial charge in [-0.3, -0.25) is 9.59 Å². The lowest BCUT2D eigenvalue weighted by atomic mass is 10.0. The fourth-order valence-corrected chi connectivity index (χ4v) is 4.35. The van der Waals surface area contributed by atoms with Gasteiger partial charge in [0, 0.05) is 36.1 Å². The van der Waals surface area contributed by atoms with Crippen LogP contribution >= 0.6 is 11.8 Å². The van der Waals surface area contributed by atoms with E-state index in [0.29, 0.717) is 17.9 Å². The predicted octanol–water partition coefficient (Wildman–Crippen LogP) is 3.34. The average molecular weight is 490 g/mol. The van der Waals surface area contributed by atoms with Crippen molar-refractivity contribution in [1.29, 1.82) is 0 Å². The maximum Gasteiger partial charge on any atom is 0.303 e. The molecule has 184 valence electrons. The maximum absolute atomic E-state index is 12.2. The van der Waals surface area contributed by atoms with Gasteiger partial charge in [0.15, 0.2) is 12.4 Å². The Morgan fingerprint density at radius 3 is 2.38 bits per heavy atom. The molecule has 0 aliphatic carbocycles. The SMILES string of the molecule is CC(=O)O[C@@H](C)C(=O)Nc1ccc([C@H]2O[C@@H](CSCCO)C[C@@H](c3ccc(CO)cc3)O2)cc1. The highest BCUT2D eigenvalue weighted by molar-refractivity contribution is 7.99. The van der Waals surface area contributed by atoms with E-state index in [1.807, 2.05) is 36.4 Å². The molecule has 3 rings (SSSR count). The summed E-state index contributed by atoms with van der Waals surface area (Å²) in [5.41, 5.74) is 3.21. The van der Waals surface area contributed by atoms with E-state index in [1.165, 1.54) is 13.8 Å². The number of rotatable bonds is 10. The number of hydrogen-bond donors (Lipinski definition) is 3. The van der Waals surface area contributed by atoms with Gasteiger partial charge >= 0.3 is 5.97 Å². The molecule has 0 bridgehead atoms. The van der Waals surface area contributed by atoms with Crippen molar-refractivity contribution in [3.63, 3.8) is 0 Å². The van der Waals surface area contributed by atoms with Crippen LogP contribution in [0.3, 0.4) is 0 Å². The highest BCUT2D eigenvalue weighted by atomic mass is 32.2. The van der Waals surface area contributed by atoms with Gasteiger partial charge in [0.25, 0.3) is 5.91 Å². The topological polar surface area (TPSA) is 114 Å². The number of hydrogen-bond acceptors (Lipinski definition) is 8. The molecule has 1 aliphatic heterocycles. The molecule has 2 aromatic carbocycles. The van der Waals surface area contributed by atoms with E-state index in [1.54, 1.807) is 23.9 Å². The zero-order valence-corrected chi connectivity index (χ0v) is 20.1. The monoisotopic (exact) mass is 489 g/mol. The van der Waals surface area contributed by atoms with Gasteiger partial charge in [-0.1, -0.05) is 36.4 Å². The normalized spacial score (nSPS) is 21.0. The lowest BCUT2D eigenvalue weighted by Gasteiger charge is -2.36. The number of ether oxygens (including phenoxy) is 3. The molecule has 0 aromatic heterocycles. The predicted molar refractivity (Wildman–Crippen MR) is 129 cm³/mol. The minimum atomic E-state index is -0.891. The van der Waals surface area contributed by atoms with Crippen LogP contribution in [0.1, 0.15) is 49.4 Å². The van der Waals surface area contributed by atoms with Crippen molar-refractivity contribution in [2.75, 3.05) is 23.4 Å². The van der Waals surface area contributed by atoms with Gasteiger partial charge < -0.3 is 29.7 Å². The van der Waals surface area contributed by atoms with Crippen LogP contribution in [0.25, 0.3) is 0 Å². The zero-order valence-electron chi connectivity index (χ0n) is 19.3. The minimum Gasteiger partial charge on any atom is -0.453 e. The second-order valence-corrected chi connectivity index (χ2v) is 9.16. The summed E-state index contributed by atoms with van der Waals surface area (Å²) in [5.74, 6) is 0.437. The number of esters is 1. The van der Waals surface area contributed by atoms with Crippen LogP contribution in [-0.4, -0.2) is 52.4 Å². The van der Waals surface area contributed by atoms with Gasteiger partial charge in [-0.2, -0.15) is 11.8 Å². The van der Waals surface area contributed by atoms with Crippen LogP contribution in [0.5, 0.6) is 0 Å². The summed E-state index contributed by atoms with van der Waals surface area (Å²) in [7, 11) is 0. The summed E-state index contributed by atoms with van der Waals surface area (Å²) in [5, 5.41) is 21.1. The number of aliphatic hydroxyl groups is 2. The summed E-state index contributed by atoms with van der Waals surface area (Å²) in [6, 6.07) is 14.8. The Labute approximate surface area is 203 Å². The summed E-state index contributed by atoms with van der Waals surface area (Å²) in [4.78, 5) is 23.2. The van der Waals surface area contributed by atoms with Crippen LogP contribution in [0.4, 0.5) is 5.69 Å². The lowest BCUT2D eigenvalue weighted by molar-refractivity contribution is -0.245. The quantitative estimate of drug-likeness (QED) is 0.344. The van der Waals surface area contributed by atoms with Crippen molar-refractivity contribution in [1.82, 2.24) is 0 Å². The lowest BCUT2D eigenvalue weighted by Crippen LogP contribution is -2.31. The Hall–Kier alpha value is -2.43. The first-order valence-electron chi connectivity index (χ1n) is 11.2. The molecule has 34 heavy (non-hydrogen) atoms. The molecule has 1 saturated heterocycles. The van der Waals surface area contributed by atoms with Gasteiger partial charge in [0.1, 0.15) is 0 Å². The molecule has 9 heteroatoms. The summed E-state index contributed by atoms with van der Waals surface area (Å²) < 4.78 is 17.4. The number of anilines is 1. The molecule has 1 amide bonds. The molecule has 1 aliphatic rings. The van der Waals surface area contributed by atoms with Crippen LogP contribution < -0.4 is 5.32 Å². The number of carbonyl (C=O) groups excluding carboxylic acids is 2. The number of benzene rings is 2. The van der Waals surface area contributed by atoms with Crippen molar-refractivity contribution in [2.45, 2.75) is 51.5 Å². The molecular formula is C25H31NO7S. The molecular weight excluding hydrogens is 458 g/mol. The van der Waals surface area contributed by atoms with Crippen LogP contribution in [-0.2, 0) is 30.4 Å². The number of amides is 1. The maximum atomic E-state index is 12.2. The smallest absolute Gasteiger partial charge is 0.303 e. The first kappa shape index (κ1) is 26.2. The Morgan fingerprint density at radius 1 is 1.09 bits per heavy atom. The van der Waals surface area contributed by atoms with Crippen LogP contribution in [0, 0.1) is 0 Å². The van der Waals surface area contributed by atoms with E-state index in [9.17, 15) is 14.7 Å². The van der Waals surface area contributed by atoms with E-state index in [0.717, 1.165) is 22.4 Å². The molecule has 3 N–H and O–H groups in total. The Balaban J connectivity index is 1.71. The van der Waals surface area contributed by atoms with E-state index in [2.05, 4.69) is 5.32 Å². The first-order valence-corrected chi connectivity index (χ1v) is 12.3. The van der Waals surface area contributed by atoms with E-state index in [4.69, 9.17) is 19.3 Å². The summed E-state index contributed by atoms with van der Waals surface area (Å²) >= 11 is 1.63. The number of thioether (sulfide) groups is 1. The highest BCUT2D eigenvalue weighted by Crippen LogP contribution is 2.39. The van der Waals surface area contributed by atoms with Gasteiger partial charge in [-0.05, 0) is 30.2 Å². The minimum absolute atomic E-state index is 0.0134. The second kappa shape index (κ2) is 12.9. The summed E-state index contributed by atoms with van der Waals surface area (Å²) in [6.45, 7) is 2.87. The number of aliphatic hydroxyl groups excluding tert-OH is 2. The molecule has 2 aromatic rings. The van der Waals surface area contributed by atoms with Gasteiger partial charge in [0.2, 0.25) is 0 Å². The Bertz CT molecular complexity index is 935. The third kappa shape index (κ3) is 7.54. The second-order valence-electron chi connectivity index (χ2n) is 8.01. The van der Waals surface area contributed by atoms with E-state index in [-0.39, 0.29) is 25.4 Å². The molecule has 0 radical (unpaired) electrons. The fraction of sp³-hybridized carbons (Fsp3) is 0.440. The molecule has 1 fully saturated rings. The average Bonchev–Trinajstić information content (AvgIpc) is 2.84. The fourth-order valence-electron chi connectivity index (χ4n) is 3.57.